The van der Waals surface area contributed by atoms with Gasteiger partial charge in [0.05, 0.1) is 10.7 Å². The summed E-state index contributed by atoms with van der Waals surface area (Å²) in [6, 6.07) is 11.2. The average Bonchev–Trinajstić information content (AvgIpc) is 2.91. The van der Waals surface area contributed by atoms with Gasteiger partial charge in [-0.1, -0.05) is 39.7 Å². The number of anilines is 1. The zero-order valence-corrected chi connectivity index (χ0v) is 13.4. The van der Waals surface area contributed by atoms with Gasteiger partial charge in [-0.25, -0.2) is 0 Å². The third-order valence-corrected chi connectivity index (χ3v) is 4.02. The van der Waals surface area contributed by atoms with Crippen LogP contribution in [0.5, 0.6) is 0 Å². The lowest BCUT2D eigenvalue weighted by Crippen LogP contribution is -2.02. The van der Waals surface area contributed by atoms with Gasteiger partial charge in [-0.05, 0) is 47.2 Å². The maximum absolute atomic E-state index is 6.28. The minimum atomic E-state index is 0.555. The third kappa shape index (κ3) is 2.52. The van der Waals surface area contributed by atoms with Gasteiger partial charge in [-0.15, -0.1) is 5.10 Å². The van der Waals surface area contributed by atoms with Crippen molar-refractivity contribution in [3.63, 3.8) is 0 Å². The third-order valence-electron chi connectivity index (χ3n) is 3.22. The summed E-state index contributed by atoms with van der Waals surface area (Å²) < 4.78 is 2.50. The summed E-state index contributed by atoms with van der Waals surface area (Å²) in [6.07, 6.45) is 0. The summed E-state index contributed by atoms with van der Waals surface area (Å²) in [5, 5.41) is 12.5. The van der Waals surface area contributed by atoms with Crippen LogP contribution in [0, 0.1) is 6.92 Å². The number of nitrogens with zero attached hydrogens (tertiary/aromatic N) is 4. The van der Waals surface area contributed by atoms with Crippen molar-refractivity contribution in [2.75, 3.05) is 5.73 Å². The van der Waals surface area contributed by atoms with Crippen LogP contribution in [-0.4, -0.2) is 20.2 Å². The Morgan fingerprint density at radius 3 is 2.81 bits per heavy atom. The number of hydrogen-bond acceptors (Lipinski definition) is 4. The molecule has 0 fully saturated rings. The van der Waals surface area contributed by atoms with Crippen LogP contribution in [0.15, 0.2) is 40.9 Å². The number of hydrogen-bond donors (Lipinski definition) is 1. The summed E-state index contributed by atoms with van der Waals surface area (Å²) >= 11 is 9.66. The molecule has 0 aliphatic heterocycles. The molecule has 0 amide bonds. The molecule has 0 spiro atoms. The van der Waals surface area contributed by atoms with Crippen molar-refractivity contribution in [3.05, 3.63) is 51.5 Å². The van der Waals surface area contributed by atoms with E-state index in [1.807, 2.05) is 37.3 Å². The average molecular weight is 365 g/mol. The fourth-order valence-corrected chi connectivity index (χ4v) is 2.82. The van der Waals surface area contributed by atoms with Gasteiger partial charge in [0.25, 0.3) is 0 Å². The summed E-state index contributed by atoms with van der Waals surface area (Å²) in [5.74, 6) is 0.601. The van der Waals surface area contributed by atoms with Crippen molar-refractivity contribution < 1.29 is 0 Å². The summed E-state index contributed by atoms with van der Waals surface area (Å²) in [7, 11) is 0. The van der Waals surface area contributed by atoms with Gasteiger partial charge >= 0.3 is 0 Å². The molecule has 0 radical (unpaired) electrons. The van der Waals surface area contributed by atoms with E-state index in [1.54, 1.807) is 10.7 Å². The number of rotatable bonds is 2. The molecule has 21 heavy (non-hydrogen) atoms. The Hall–Kier alpha value is -1.92. The Bertz CT molecular complexity index is 815. The lowest BCUT2D eigenvalue weighted by Gasteiger charge is -2.10. The van der Waals surface area contributed by atoms with Gasteiger partial charge in [0, 0.05) is 15.7 Å². The molecular weight excluding hydrogens is 354 g/mol. The van der Waals surface area contributed by atoms with Crippen molar-refractivity contribution in [2.24, 2.45) is 0 Å². The molecule has 2 aromatic carbocycles. The highest BCUT2D eigenvalue weighted by Crippen LogP contribution is 2.30. The summed E-state index contributed by atoms with van der Waals surface area (Å²) in [6.45, 7) is 1.94. The fraction of sp³-hybridized carbons (Fsp3) is 0.0714. The van der Waals surface area contributed by atoms with Gasteiger partial charge in [-0.3, -0.25) is 0 Å². The van der Waals surface area contributed by atoms with Crippen LogP contribution in [-0.2, 0) is 0 Å². The first-order chi connectivity index (χ1) is 10.1. The van der Waals surface area contributed by atoms with E-state index in [-0.39, 0.29) is 0 Å². The number of benzene rings is 2. The molecule has 2 N–H and O–H groups in total. The van der Waals surface area contributed by atoms with Gasteiger partial charge in [0.2, 0.25) is 0 Å². The molecule has 7 heteroatoms. The molecule has 0 aliphatic rings. The van der Waals surface area contributed by atoms with Crippen LogP contribution in [0.4, 0.5) is 5.69 Å². The Balaban J connectivity index is 2.20. The van der Waals surface area contributed by atoms with Crippen molar-refractivity contribution >= 4 is 33.2 Å². The van der Waals surface area contributed by atoms with Crippen LogP contribution in [0.1, 0.15) is 5.56 Å². The summed E-state index contributed by atoms with van der Waals surface area (Å²) in [5.41, 5.74) is 9.17. The maximum atomic E-state index is 6.28. The maximum Gasteiger partial charge on any atom is 0.187 e. The topological polar surface area (TPSA) is 69.6 Å². The second-order valence-electron chi connectivity index (χ2n) is 4.53. The molecule has 0 unspecified atom stereocenters. The molecule has 0 atom stereocenters. The summed E-state index contributed by atoms with van der Waals surface area (Å²) in [4.78, 5) is 0. The Morgan fingerprint density at radius 2 is 2.05 bits per heavy atom. The van der Waals surface area contributed by atoms with E-state index in [0.717, 1.165) is 15.6 Å². The molecule has 106 valence electrons. The Morgan fingerprint density at radius 1 is 1.24 bits per heavy atom. The first-order valence-electron chi connectivity index (χ1n) is 6.17. The Kier molecular flexibility index (Phi) is 3.65. The number of nitrogen functional groups attached to an aromatic ring is 1. The first-order valence-corrected chi connectivity index (χ1v) is 7.34. The van der Waals surface area contributed by atoms with E-state index in [2.05, 4.69) is 31.5 Å². The van der Waals surface area contributed by atoms with E-state index in [4.69, 9.17) is 17.3 Å². The second-order valence-corrected chi connectivity index (χ2v) is 5.85. The number of aromatic nitrogens is 4. The molecular formula is C14H11BrClN5. The molecule has 0 bridgehead atoms. The van der Waals surface area contributed by atoms with Crippen molar-refractivity contribution in [3.8, 4) is 17.1 Å². The molecule has 1 heterocycles. The highest BCUT2D eigenvalue weighted by atomic mass is 79.9. The van der Waals surface area contributed by atoms with Crippen LogP contribution in [0.25, 0.3) is 17.1 Å². The Labute approximate surface area is 134 Å². The normalized spacial score (nSPS) is 10.8. The van der Waals surface area contributed by atoms with E-state index in [0.29, 0.717) is 22.2 Å². The first kappa shape index (κ1) is 14.0. The highest BCUT2D eigenvalue weighted by Gasteiger charge is 2.16. The molecule has 1 aromatic heterocycles. The van der Waals surface area contributed by atoms with Crippen molar-refractivity contribution in [1.29, 1.82) is 0 Å². The predicted octanol–water partition coefficient (Wildman–Crippen LogP) is 3.64. The van der Waals surface area contributed by atoms with Crippen molar-refractivity contribution in [1.82, 2.24) is 20.2 Å². The minimum absolute atomic E-state index is 0.555. The van der Waals surface area contributed by atoms with Crippen LogP contribution in [0.3, 0.4) is 0 Å². The largest absolute Gasteiger partial charge is 0.398 e. The second kappa shape index (κ2) is 5.46. The predicted molar refractivity (Wildman–Crippen MR) is 86.4 cm³/mol. The fourth-order valence-electron chi connectivity index (χ4n) is 2.07. The van der Waals surface area contributed by atoms with Gasteiger partial charge in [-0.2, -0.15) is 4.68 Å². The standard InChI is InChI=1S/C14H11BrClN5/c1-8-10(3-2-4-12(8)17)14-18-19-20-21(14)13-6-5-9(15)7-11(13)16/h2-7H,17H2,1H3. The minimum Gasteiger partial charge on any atom is -0.398 e. The molecule has 3 aromatic rings. The molecule has 5 nitrogen and oxygen atoms in total. The van der Waals surface area contributed by atoms with Crippen LogP contribution >= 0.6 is 27.5 Å². The lowest BCUT2D eigenvalue weighted by atomic mass is 10.1. The van der Waals surface area contributed by atoms with Gasteiger partial charge in [0.15, 0.2) is 5.82 Å². The lowest BCUT2D eigenvalue weighted by molar-refractivity contribution is 0.791. The number of halogens is 2. The quantitative estimate of drug-likeness (QED) is 0.705. The molecule has 3 rings (SSSR count). The van der Waals surface area contributed by atoms with E-state index >= 15 is 0 Å². The monoisotopic (exact) mass is 363 g/mol. The van der Waals surface area contributed by atoms with Crippen molar-refractivity contribution in [2.45, 2.75) is 6.92 Å². The highest BCUT2D eigenvalue weighted by molar-refractivity contribution is 9.10. The SMILES string of the molecule is Cc1c(N)cccc1-c1nnnn1-c1ccc(Br)cc1Cl. The molecule has 0 saturated heterocycles. The van der Waals surface area contributed by atoms with Gasteiger partial charge < -0.3 is 5.73 Å². The zero-order chi connectivity index (χ0) is 15.0. The van der Waals surface area contributed by atoms with E-state index in [9.17, 15) is 0 Å². The van der Waals surface area contributed by atoms with Crippen LogP contribution in [0.2, 0.25) is 5.02 Å². The number of tetrazole rings is 1. The van der Waals surface area contributed by atoms with Crippen LogP contribution < -0.4 is 5.73 Å². The number of nitrogens with two attached hydrogens (primary N) is 1. The van der Waals surface area contributed by atoms with E-state index < -0.39 is 0 Å². The van der Waals surface area contributed by atoms with E-state index in [1.165, 1.54) is 0 Å². The van der Waals surface area contributed by atoms with Gasteiger partial charge in [0.1, 0.15) is 0 Å². The molecule has 0 saturated carbocycles. The smallest absolute Gasteiger partial charge is 0.187 e. The zero-order valence-electron chi connectivity index (χ0n) is 11.1. The molecule has 0 aliphatic carbocycles.